The zero-order valence-electron chi connectivity index (χ0n) is 11.8. The van der Waals surface area contributed by atoms with Crippen LogP contribution in [0.4, 0.5) is 0 Å². The Hall–Kier alpha value is -0.380. The second-order valence-corrected chi connectivity index (χ2v) is 6.36. The van der Waals surface area contributed by atoms with Crippen molar-refractivity contribution in [3.05, 3.63) is 33.8 Å². The molecule has 0 aliphatic carbocycles. The fraction of sp³-hybridized carbons (Fsp3) is 0.600. The Bertz CT molecular complexity index is 371. The average Bonchev–Trinajstić information content (AvgIpc) is 2.27. The summed E-state index contributed by atoms with van der Waals surface area (Å²) in [5.41, 5.74) is 2.40. The Morgan fingerprint density at radius 2 is 2.00 bits per heavy atom. The predicted molar refractivity (Wildman–Crippen MR) is 80.7 cm³/mol. The van der Waals surface area contributed by atoms with Crippen LogP contribution in [-0.4, -0.2) is 12.1 Å². The van der Waals surface area contributed by atoms with Gasteiger partial charge in [0.2, 0.25) is 0 Å². The van der Waals surface area contributed by atoms with E-state index in [1.165, 1.54) is 17.5 Å². The zero-order chi connectivity index (χ0) is 13.6. The van der Waals surface area contributed by atoms with E-state index in [-0.39, 0.29) is 5.60 Å². The van der Waals surface area contributed by atoms with E-state index in [9.17, 15) is 0 Å². The van der Waals surface area contributed by atoms with Crippen LogP contribution in [0.25, 0.3) is 0 Å². The molecule has 18 heavy (non-hydrogen) atoms. The van der Waals surface area contributed by atoms with Crippen molar-refractivity contribution in [1.82, 2.24) is 5.32 Å². The van der Waals surface area contributed by atoms with Gasteiger partial charge in [0.05, 0.1) is 12.2 Å². The van der Waals surface area contributed by atoms with Gasteiger partial charge in [-0.1, -0.05) is 35.0 Å². The minimum Gasteiger partial charge on any atom is -0.371 e. The highest BCUT2D eigenvalue weighted by Crippen LogP contribution is 2.21. The topological polar surface area (TPSA) is 21.3 Å². The molecule has 3 heteroatoms. The van der Waals surface area contributed by atoms with Gasteiger partial charge in [0.1, 0.15) is 0 Å². The molecule has 0 aromatic heterocycles. The SMILES string of the molecule is CCCNCc1ccc(COC(C)(C)C)c(Br)c1. The summed E-state index contributed by atoms with van der Waals surface area (Å²) in [5, 5.41) is 3.40. The van der Waals surface area contributed by atoms with Crippen LogP contribution in [0.2, 0.25) is 0 Å². The Balaban J connectivity index is 2.56. The zero-order valence-corrected chi connectivity index (χ0v) is 13.4. The van der Waals surface area contributed by atoms with Crippen molar-refractivity contribution in [1.29, 1.82) is 0 Å². The van der Waals surface area contributed by atoms with Crippen LogP contribution in [0.15, 0.2) is 22.7 Å². The predicted octanol–water partition coefficient (Wildman–Crippen LogP) is 4.26. The van der Waals surface area contributed by atoms with E-state index in [1.54, 1.807) is 0 Å². The van der Waals surface area contributed by atoms with Gasteiger partial charge in [-0.25, -0.2) is 0 Å². The molecule has 1 aromatic carbocycles. The maximum absolute atomic E-state index is 5.79. The molecule has 1 aromatic rings. The number of nitrogens with one attached hydrogen (secondary N) is 1. The van der Waals surface area contributed by atoms with E-state index in [0.717, 1.165) is 17.6 Å². The summed E-state index contributed by atoms with van der Waals surface area (Å²) in [7, 11) is 0. The van der Waals surface area contributed by atoms with E-state index in [4.69, 9.17) is 4.74 Å². The number of rotatable bonds is 6. The maximum atomic E-state index is 5.79. The first-order chi connectivity index (χ1) is 8.42. The molecular weight excluding hydrogens is 290 g/mol. The molecule has 0 aliphatic rings. The Morgan fingerprint density at radius 3 is 2.56 bits per heavy atom. The molecule has 0 amide bonds. The molecule has 0 saturated carbocycles. The van der Waals surface area contributed by atoms with Crippen molar-refractivity contribution in [3.8, 4) is 0 Å². The second kappa shape index (κ2) is 7.27. The average molecular weight is 314 g/mol. The molecular formula is C15H24BrNO. The summed E-state index contributed by atoms with van der Waals surface area (Å²) in [4.78, 5) is 0. The van der Waals surface area contributed by atoms with E-state index in [2.05, 4.69) is 67.1 Å². The van der Waals surface area contributed by atoms with Crippen molar-refractivity contribution >= 4 is 15.9 Å². The van der Waals surface area contributed by atoms with Crippen molar-refractivity contribution in [2.24, 2.45) is 0 Å². The number of hydrogen-bond acceptors (Lipinski definition) is 2. The van der Waals surface area contributed by atoms with Gasteiger partial charge in [0.25, 0.3) is 0 Å². The van der Waals surface area contributed by atoms with Crippen LogP contribution in [0.5, 0.6) is 0 Å². The highest BCUT2D eigenvalue weighted by atomic mass is 79.9. The Labute approximate surface area is 119 Å². The summed E-state index contributed by atoms with van der Waals surface area (Å²) < 4.78 is 6.92. The smallest absolute Gasteiger partial charge is 0.0734 e. The normalized spacial score (nSPS) is 11.8. The minimum absolute atomic E-state index is 0.0964. The molecule has 1 N–H and O–H groups in total. The lowest BCUT2D eigenvalue weighted by Crippen LogP contribution is -2.19. The van der Waals surface area contributed by atoms with Gasteiger partial charge in [0, 0.05) is 11.0 Å². The number of hydrogen-bond donors (Lipinski definition) is 1. The Morgan fingerprint density at radius 1 is 1.28 bits per heavy atom. The first-order valence-corrected chi connectivity index (χ1v) is 7.33. The van der Waals surface area contributed by atoms with Crippen LogP contribution >= 0.6 is 15.9 Å². The molecule has 0 unspecified atom stereocenters. The lowest BCUT2D eigenvalue weighted by Gasteiger charge is -2.20. The number of ether oxygens (including phenoxy) is 1. The highest BCUT2D eigenvalue weighted by molar-refractivity contribution is 9.10. The van der Waals surface area contributed by atoms with Crippen molar-refractivity contribution < 1.29 is 4.74 Å². The number of benzene rings is 1. The molecule has 0 heterocycles. The molecule has 0 bridgehead atoms. The summed E-state index contributed by atoms with van der Waals surface area (Å²) >= 11 is 3.62. The van der Waals surface area contributed by atoms with Gasteiger partial charge < -0.3 is 10.1 Å². The molecule has 1 rings (SSSR count). The monoisotopic (exact) mass is 313 g/mol. The molecule has 0 radical (unpaired) electrons. The molecule has 0 saturated heterocycles. The lowest BCUT2D eigenvalue weighted by atomic mass is 10.1. The van der Waals surface area contributed by atoms with E-state index < -0.39 is 0 Å². The fourth-order valence-corrected chi connectivity index (χ4v) is 2.06. The van der Waals surface area contributed by atoms with Crippen LogP contribution in [0.3, 0.4) is 0 Å². The van der Waals surface area contributed by atoms with Crippen molar-refractivity contribution in [3.63, 3.8) is 0 Å². The maximum Gasteiger partial charge on any atom is 0.0734 e. The fourth-order valence-electron chi connectivity index (χ4n) is 1.52. The second-order valence-electron chi connectivity index (χ2n) is 5.50. The van der Waals surface area contributed by atoms with Gasteiger partial charge >= 0.3 is 0 Å². The third kappa shape index (κ3) is 5.98. The first-order valence-electron chi connectivity index (χ1n) is 6.54. The van der Waals surface area contributed by atoms with Crippen LogP contribution < -0.4 is 5.32 Å². The number of halogens is 1. The van der Waals surface area contributed by atoms with Gasteiger partial charge in [-0.15, -0.1) is 0 Å². The van der Waals surface area contributed by atoms with Crippen LogP contribution in [0.1, 0.15) is 45.2 Å². The third-order valence-electron chi connectivity index (χ3n) is 2.53. The van der Waals surface area contributed by atoms with Crippen molar-refractivity contribution in [2.75, 3.05) is 6.54 Å². The van der Waals surface area contributed by atoms with E-state index >= 15 is 0 Å². The van der Waals surface area contributed by atoms with Gasteiger partial charge in [-0.3, -0.25) is 0 Å². The molecule has 0 fully saturated rings. The molecule has 0 atom stereocenters. The third-order valence-corrected chi connectivity index (χ3v) is 3.27. The van der Waals surface area contributed by atoms with Gasteiger partial charge in [-0.2, -0.15) is 0 Å². The summed E-state index contributed by atoms with van der Waals surface area (Å²) in [5.74, 6) is 0. The van der Waals surface area contributed by atoms with Crippen LogP contribution in [-0.2, 0) is 17.9 Å². The largest absolute Gasteiger partial charge is 0.371 e. The first kappa shape index (κ1) is 15.7. The van der Waals surface area contributed by atoms with E-state index in [0.29, 0.717) is 6.61 Å². The molecule has 2 nitrogen and oxygen atoms in total. The van der Waals surface area contributed by atoms with E-state index in [1.807, 2.05) is 0 Å². The highest BCUT2D eigenvalue weighted by Gasteiger charge is 2.11. The van der Waals surface area contributed by atoms with Gasteiger partial charge in [-0.05, 0) is 50.9 Å². The molecule has 0 aliphatic heterocycles. The minimum atomic E-state index is -0.0964. The molecule has 102 valence electrons. The van der Waals surface area contributed by atoms with Crippen LogP contribution in [0, 0.1) is 0 Å². The van der Waals surface area contributed by atoms with Crippen molar-refractivity contribution in [2.45, 2.75) is 52.9 Å². The van der Waals surface area contributed by atoms with Gasteiger partial charge in [0.15, 0.2) is 0 Å². The lowest BCUT2D eigenvalue weighted by molar-refractivity contribution is -0.0152. The Kier molecular flexibility index (Phi) is 6.33. The summed E-state index contributed by atoms with van der Waals surface area (Å²) in [6.45, 7) is 11.0. The molecule has 0 spiro atoms. The summed E-state index contributed by atoms with van der Waals surface area (Å²) in [6, 6.07) is 6.47. The summed E-state index contributed by atoms with van der Waals surface area (Å²) in [6.07, 6.45) is 1.17. The quantitative estimate of drug-likeness (QED) is 0.792. The standard InChI is InChI=1S/C15H24BrNO/c1-5-8-17-10-12-6-7-13(14(16)9-12)11-18-15(2,3)4/h6-7,9,17H,5,8,10-11H2,1-4H3.